The lowest BCUT2D eigenvalue weighted by molar-refractivity contribution is 0.305. The van der Waals surface area contributed by atoms with Crippen LogP contribution >= 0.6 is 0 Å². The van der Waals surface area contributed by atoms with Crippen molar-refractivity contribution in [2.75, 3.05) is 5.73 Å². The summed E-state index contributed by atoms with van der Waals surface area (Å²) in [5.41, 5.74) is 8.79. The Balaban J connectivity index is 1.93. The third-order valence-electron chi connectivity index (χ3n) is 3.69. The van der Waals surface area contributed by atoms with E-state index in [1.807, 2.05) is 18.2 Å². The van der Waals surface area contributed by atoms with Gasteiger partial charge in [0.25, 0.3) is 0 Å². The van der Waals surface area contributed by atoms with Crippen molar-refractivity contribution in [3.63, 3.8) is 0 Å². The molecule has 0 spiro atoms. The molecule has 0 atom stereocenters. The fourth-order valence-corrected chi connectivity index (χ4v) is 2.60. The molecule has 0 fully saturated rings. The third-order valence-corrected chi connectivity index (χ3v) is 3.69. The number of fused-ring (bicyclic) bond motifs is 1. The van der Waals surface area contributed by atoms with Crippen LogP contribution < -0.4 is 10.5 Å². The van der Waals surface area contributed by atoms with Gasteiger partial charge in [0, 0.05) is 34.9 Å². The Kier molecular flexibility index (Phi) is 3.75. The fourth-order valence-electron chi connectivity index (χ4n) is 2.60. The summed E-state index contributed by atoms with van der Waals surface area (Å²) < 4.78 is 21.1. The maximum atomic E-state index is 13.2. The van der Waals surface area contributed by atoms with Gasteiger partial charge >= 0.3 is 0 Å². The summed E-state index contributed by atoms with van der Waals surface area (Å²) >= 11 is 0. The van der Waals surface area contributed by atoms with Crippen LogP contribution in [0.25, 0.3) is 10.9 Å². The van der Waals surface area contributed by atoms with E-state index in [4.69, 9.17) is 10.5 Å². The lowest BCUT2D eigenvalue weighted by atomic mass is 10.1. The average Bonchev–Trinajstić information content (AvgIpc) is 2.83. The number of aromatic nitrogens is 1. The van der Waals surface area contributed by atoms with Crippen LogP contribution in [-0.4, -0.2) is 4.57 Å². The lowest BCUT2D eigenvalue weighted by Crippen LogP contribution is -1.99. The van der Waals surface area contributed by atoms with Crippen LogP contribution in [0.2, 0.25) is 0 Å². The van der Waals surface area contributed by atoms with Gasteiger partial charge in [-0.3, -0.25) is 0 Å². The summed E-state index contributed by atoms with van der Waals surface area (Å²) in [5.74, 6) is 0.232. The van der Waals surface area contributed by atoms with Gasteiger partial charge < -0.3 is 15.0 Å². The third kappa shape index (κ3) is 2.77. The van der Waals surface area contributed by atoms with Gasteiger partial charge in [0.05, 0.1) is 5.52 Å². The van der Waals surface area contributed by atoms with Crippen molar-refractivity contribution in [3.8, 4) is 5.75 Å². The summed E-state index contributed by atoms with van der Waals surface area (Å²) in [4.78, 5) is 0. The van der Waals surface area contributed by atoms with Gasteiger partial charge in [-0.15, -0.1) is 0 Å². The van der Waals surface area contributed by atoms with Crippen molar-refractivity contribution in [1.29, 1.82) is 0 Å². The summed E-state index contributed by atoms with van der Waals surface area (Å²) in [6.07, 6.45) is 2.08. The van der Waals surface area contributed by atoms with E-state index in [1.165, 1.54) is 12.1 Å². The van der Waals surface area contributed by atoms with Crippen molar-refractivity contribution < 1.29 is 9.13 Å². The predicted octanol–water partition coefficient (Wildman–Crippen LogP) is 4.52. The maximum Gasteiger partial charge on any atom is 0.126 e. The van der Waals surface area contributed by atoms with Crippen LogP contribution in [0.1, 0.15) is 25.5 Å². The van der Waals surface area contributed by atoms with E-state index in [0.717, 1.165) is 22.2 Å². The molecule has 3 rings (SSSR count). The molecule has 1 heterocycles. The largest absolute Gasteiger partial charge is 0.489 e. The molecule has 22 heavy (non-hydrogen) atoms. The molecule has 114 valence electrons. The highest BCUT2D eigenvalue weighted by molar-refractivity contribution is 5.86. The van der Waals surface area contributed by atoms with Crippen LogP contribution in [0.4, 0.5) is 10.1 Å². The minimum Gasteiger partial charge on any atom is -0.489 e. The fraction of sp³-hybridized carbons (Fsp3) is 0.222. The predicted molar refractivity (Wildman–Crippen MR) is 87.5 cm³/mol. The number of hydrogen-bond acceptors (Lipinski definition) is 2. The highest BCUT2D eigenvalue weighted by atomic mass is 19.1. The zero-order chi connectivity index (χ0) is 15.7. The van der Waals surface area contributed by atoms with Crippen molar-refractivity contribution >= 4 is 16.6 Å². The van der Waals surface area contributed by atoms with Gasteiger partial charge in [0.2, 0.25) is 0 Å². The van der Waals surface area contributed by atoms with Gasteiger partial charge in [-0.2, -0.15) is 0 Å². The quantitative estimate of drug-likeness (QED) is 0.719. The number of nitrogens with two attached hydrogens (primary N) is 1. The first-order valence-corrected chi connectivity index (χ1v) is 7.32. The van der Waals surface area contributed by atoms with Crippen molar-refractivity contribution in [2.24, 2.45) is 0 Å². The van der Waals surface area contributed by atoms with E-state index in [-0.39, 0.29) is 5.82 Å². The standard InChI is InChI=1S/C18H19FN2O/c1-12(2)21-10-13(17-7-6-15(20)9-18(17)21)11-22-16-5-3-4-14(19)8-16/h3-10,12H,11,20H2,1-2H3. The summed E-state index contributed by atoms with van der Waals surface area (Å²) in [5, 5.41) is 1.11. The zero-order valence-electron chi connectivity index (χ0n) is 12.7. The molecule has 1 aromatic heterocycles. The van der Waals surface area contributed by atoms with Crippen molar-refractivity contribution in [2.45, 2.75) is 26.5 Å². The average molecular weight is 298 g/mol. The zero-order valence-corrected chi connectivity index (χ0v) is 12.7. The second-order valence-corrected chi connectivity index (χ2v) is 5.68. The molecule has 2 aromatic carbocycles. The number of benzene rings is 2. The molecule has 4 heteroatoms. The van der Waals surface area contributed by atoms with Crippen LogP contribution in [-0.2, 0) is 6.61 Å². The second kappa shape index (κ2) is 5.72. The van der Waals surface area contributed by atoms with Gasteiger partial charge in [0.15, 0.2) is 0 Å². The number of anilines is 1. The maximum absolute atomic E-state index is 13.2. The Morgan fingerprint density at radius 2 is 2.00 bits per heavy atom. The number of nitrogens with zero attached hydrogens (tertiary/aromatic N) is 1. The number of nitrogen functional groups attached to an aromatic ring is 1. The molecular formula is C18H19FN2O. The van der Waals surface area contributed by atoms with E-state index in [0.29, 0.717) is 18.4 Å². The molecular weight excluding hydrogens is 279 g/mol. The Morgan fingerprint density at radius 1 is 1.18 bits per heavy atom. The topological polar surface area (TPSA) is 40.2 Å². The smallest absolute Gasteiger partial charge is 0.126 e. The van der Waals surface area contributed by atoms with E-state index in [9.17, 15) is 4.39 Å². The van der Waals surface area contributed by atoms with E-state index >= 15 is 0 Å². The summed E-state index contributed by atoms with van der Waals surface area (Å²) in [6, 6.07) is 12.4. The van der Waals surface area contributed by atoms with E-state index < -0.39 is 0 Å². The first-order valence-electron chi connectivity index (χ1n) is 7.32. The van der Waals surface area contributed by atoms with Crippen LogP contribution in [0.5, 0.6) is 5.75 Å². The SMILES string of the molecule is CC(C)n1cc(COc2cccc(F)c2)c2ccc(N)cc21. The Hall–Kier alpha value is -2.49. The molecule has 2 N–H and O–H groups in total. The van der Waals surface area contributed by atoms with Crippen LogP contribution in [0.3, 0.4) is 0 Å². The minimum absolute atomic E-state index is 0.296. The van der Waals surface area contributed by atoms with Gasteiger partial charge in [0.1, 0.15) is 18.2 Å². The molecule has 0 aliphatic heterocycles. The summed E-state index contributed by atoms with van der Waals surface area (Å²) in [7, 11) is 0. The molecule has 0 saturated heterocycles. The van der Waals surface area contributed by atoms with E-state index in [2.05, 4.69) is 24.6 Å². The normalized spacial score (nSPS) is 11.3. The molecule has 3 aromatic rings. The number of rotatable bonds is 4. The molecule has 0 aliphatic carbocycles. The minimum atomic E-state index is -0.296. The van der Waals surface area contributed by atoms with E-state index in [1.54, 1.807) is 12.1 Å². The van der Waals surface area contributed by atoms with Crippen LogP contribution in [0.15, 0.2) is 48.7 Å². The number of hydrogen-bond donors (Lipinski definition) is 1. The molecule has 0 unspecified atom stereocenters. The molecule has 0 amide bonds. The monoisotopic (exact) mass is 298 g/mol. The van der Waals surface area contributed by atoms with Crippen molar-refractivity contribution in [3.05, 3.63) is 60.0 Å². The Bertz CT molecular complexity index is 808. The Labute approximate surface area is 129 Å². The highest BCUT2D eigenvalue weighted by Crippen LogP contribution is 2.27. The van der Waals surface area contributed by atoms with Gasteiger partial charge in [-0.05, 0) is 38.1 Å². The molecule has 0 radical (unpaired) electrons. The molecule has 0 saturated carbocycles. The number of ether oxygens (including phenoxy) is 1. The lowest BCUT2D eigenvalue weighted by Gasteiger charge is -2.09. The molecule has 3 nitrogen and oxygen atoms in total. The summed E-state index contributed by atoms with van der Waals surface area (Å²) in [6.45, 7) is 4.64. The second-order valence-electron chi connectivity index (χ2n) is 5.68. The molecule has 0 bridgehead atoms. The van der Waals surface area contributed by atoms with Crippen molar-refractivity contribution in [1.82, 2.24) is 4.57 Å². The number of halogens is 1. The first-order chi connectivity index (χ1) is 10.5. The first kappa shape index (κ1) is 14.4. The van der Waals surface area contributed by atoms with Crippen LogP contribution in [0, 0.1) is 5.82 Å². The molecule has 0 aliphatic rings. The van der Waals surface area contributed by atoms with Gasteiger partial charge in [-0.25, -0.2) is 4.39 Å². The Morgan fingerprint density at radius 3 is 2.73 bits per heavy atom. The highest BCUT2D eigenvalue weighted by Gasteiger charge is 2.11. The van der Waals surface area contributed by atoms with Gasteiger partial charge in [-0.1, -0.05) is 12.1 Å².